The summed E-state index contributed by atoms with van der Waals surface area (Å²) in [6.07, 6.45) is 1.59. The van der Waals surface area contributed by atoms with Gasteiger partial charge in [-0.25, -0.2) is 14.0 Å². The fourth-order valence-electron chi connectivity index (χ4n) is 2.48. The predicted octanol–water partition coefficient (Wildman–Crippen LogP) is 3.57. The number of fused-ring (bicyclic) bond motifs is 1. The predicted molar refractivity (Wildman–Crippen MR) is 96.3 cm³/mol. The summed E-state index contributed by atoms with van der Waals surface area (Å²) in [6.45, 7) is 3.92. The molecule has 0 saturated carbocycles. The summed E-state index contributed by atoms with van der Waals surface area (Å²) >= 11 is 0. The van der Waals surface area contributed by atoms with Gasteiger partial charge >= 0.3 is 11.8 Å². The second kappa shape index (κ2) is 7.14. The maximum atomic E-state index is 13.7. The molecule has 0 bridgehead atoms. The van der Waals surface area contributed by atoms with E-state index in [1.54, 1.807) is 18.2 Å². The number of carbonyl (C=O) groups excluding carboxylic acids is 1. The van der Waals surface area contributed by atoms with E-state index in [9.17, 15) is 14.0 Å². The molecule has 3 rings (SSSR count). The minimum atomic E-state index is -0.586. The van der Waals surface area contributed by atoms with Crippen LogP contribution in [0.25, 0.3) is 11.1 Å². The molecule has 2 aromatic carbocycles. The Morgan fingerprint density at radius 3 is 2.62 bits per heavy atom. The van der Waals surface area contributed by atoms with Crippen LogP contribution in [-0.4, -0.2) is 17.7 Å². The molecule has 7 nitrogen and oxygen atoms in total. The van der Waals surface area contributed by atoms with Gasteiger partial charge in [0.05, 0.1) is 12.6 Å². The van der Waals surface area contributed by atoms with Crippen molar-refractivity contribution in [2.75, 3.05) is 17.7 Å². The third kappa shape index (κ3) is 3.44. The zero-order valence-corrected chi connectivity index (χ0v) is 13.9. The maximum Gasteiger partial charge on any atom is 0.420 e. The van der Waals surface area contributed by atoms with E-state index in [0.29, 0.717) is 23.3 Å². The summed E-state index contributed by atoms with van der Waals surface area (Å²) in [5, 5.41) is 5.11. The highest BCUT2D eigenvalue weighted by atomic mass is 19.1. The lowest BCUT2D eigenvalue weighted by Crippen LogP contribution is -2.19. The van der Waals surface area contributed by atoms with Gasteiger partial charge < -0.3 is 19.8 Å². The average Bonchev–Trinajstić information content (AvgIpc) is 2.90. The van der Waals surface area contributed by atoms with Crippen LogP contribution in [0.5, 0.6) is 5.75 Å². The minimum Gasteiger partial charge on any atom is -0.494 e. The lowest BCUT2D eigenvalue weighted by molar-refractivity contribution is 0.262. The first-order valence-electron chi connectivity index (χ1n) is 7.67. The summed E-state index contributed by atoms with van der Waals surface area (Å²) in [5.41, 5.74) is 1.62. The SMILES string of the molecule is C=CCn1c(=O)oc2cc(NC(=O)Nc3ccc(OC)c(F)c3)ccc21. The fourth-order valence-corrected chi connectivity index (χ4v) is 2.48. The molecule has 0 aliphatic heterocycles. The zero-order chi connectivity index (χ0) is 18.7. The van der Waals surface area contributed by atoms with Crippen molar-refractivity contribution >= 4 is 28.5 Å². The molecule has 0 spiro atoms. The Kier molecular flexibility index (Phi) is 4.74. The van der Waals surface area contributed by atoms with Gasteiger partial charge in [0.15, 0.2) is 17.1 Å². The van der Waals surface area contributed by atoms with E-state index in [-0.39, 0.29) is 11.4 Å². The number of anilines is 2. The van der Waals surface area contributed by atoms with Crippen molar-refractivity contribution in [3.63, 3.8) is 0 Å². The second-order valence-corrected chi connectivity index (χ2v) is 5.38. The van der Waals surface area contributed by atoms with Crippen molar-refractivity contribution in [1.29, 1.82) is 0 Å². The number of urea groups is 1. The third-order valence-corrected chi connectivity index (χ3v) is 3.65. The summed E-state index contributed by atoms with van der Waals surface area (Å²) in [4.78, 5) is 23.9. The lowest BCUT2D eigenvalue weighted by Gasteiger charge is -2.09. The molecular weight excluding hydrogens is 341 g/mol. The summed E-state index contributed by atoms with van der Waals surface area (Å²) < 4.78 is 25.1. The van der Waals surface area contributed by atoms with Crippen LogP contribution in [0.1, 0.15) is 0 Å². The van der Waals surface area contributed by atoms with Gasteiger partial charge in [0, 0.05) is 30.1 Å². The fraction of sp³-hybridized carbons (Fsp3) is 0.111. The molecule has 0 aliphatic carbocycles. The highest BCUT2D eigenvalue weighted by molar-refractivity contribution is 6.00. The standard InChI is InChI=1S/C18H16FN3O4/c1-3-8-22-14-6-4-12(10-16(14)26-18(22)24)21-17(23)20-11-5-7-15(25-2)13(19)9-11/h3-7,9-10H,1,8H2,2H3,(H2,20,21,23). The van der Waals surface area contributed by atoms with Crippen molar-refractivity contribution in [1.82, 2.24) is 4.57 Å². The van der Waals surface area contributed by atoms with Gasteiger partial charge in [-0.1, -0.05) is 6.08 Å². The van der Waals surface area contributed by atoms with E-state index in [1.807, 2.05) is 0 Å². The Bertz CT molecular complexity index is 1040. The first kappa shape index (κ1) is 17.3. The number of oxazole rings is 1. The highest BCUT2D eigenvalue weighted by Gasteiger charge is 2.11. The normalized spacial score (nSPS) is 10.5. The van der Waals surface area contributed by atoms with Gasteiger partial charge in [-0.05, 0) is 24.3 Å². The van der Waals surface area contributed by atoms with Crippen LogP contribution < -0.4 is 21.1 Å². The number of halogens is 1. The number of carbonyl (C=O) groups is 1. The van der Waals surface area contributed by atoms with E-state index in [4.69, 9.17) is 9.15 Å². The number of benzene rings is 2. The van der Waals surface area contributed by atoms with Crippen molar-refractivity contribution in [2.24, 2.45) is 0 Å². The average molecular weight is 357 g/mol. The van der Waals surface area contributed by atoms with E-state index >= 15 is 0 Å². The van der Waals surface area contributed by atoms with Crippen LogP contribution >= 0.6 is 0 Å². The molecule has 1 aromatic heterocycles. The summed E-state index contributed by atoms with van der Waals surface area (Å²) in [6, 6.07) is 8.33. The lowest BCUT2D eigenvalue weighted by atomic mass is 10.2. The zero-order valence-electron chi connectivity index (χ0n) is 13.9. The summed E-state index contributed by atoms with van der Waals surface area (Å²) in [7, 11) is 1.36. The molecule has 0 saturated heterocycles. The van der Waals surface area contributed by atoms with Crippen molar-refractivity contribution < 1.29 is 18.3 Å². The number of nitrogens with one attached hydrogen (secondary N) is 2. The van der Waals surface area contributed by atoms with Crippen LogP contribution in [0.2, 0.25) is 0 Å². The van der Waals surface area contributed by atoms with E-state index in [2.05, 4.69) is 17.2 Å². The monoisotopic (exact) mass is 357 g/mol. The molecule has 2 amide bonds. The van der Waals surface area contributed by atoms with Gasteiger partial charge in [0.25, 0.3) is 0 Å². The van der Waals surface area contributed by atoms with Crippen molar-refractivity contribution in [2.45, 2.75) is 6.54 Å². The number of aromatic nitrogens is 1. The van der Waals surface area contributed by atoms with Gasteiger partial charge in [-0.2, -0.15) is 0 Å². The van der Waals surface area contributed by atoms with E-state index in [0.717, 1.165) is 6.07 Å². The number of nitrogens with zero attached hydrogens (tertiary/aromatic N) is 1. The molecule has 2 N–H and O–H groups in total. The number of amides is 2. The smallest absolute Gasteiger partial charge is 0.420 e. The topological polar surface area (TPSA) is 85.5 Å². The van der Waals surface area contributed by atoms with Crippen LogP contribution in [-0.2, 0) is 6.54 Å². The molecule has 0 radical (unpaired) electrons. The number of rotatable bonds is 5. The Balaban J connectivity index is 1.76. The number of allylic oxidation sites excluding steroid dienone is 1. The second-order valence-electron chi connectivity index (χ2n) is 5.38. The number of methoxy groups -OCH3 is 1. The van der Waals surface area contributed by atoms with Crippen LogP contribution in [0.4, 0.5) is 20.6 Å². The van der Waals surface area contributed by atoms with Crippen molar-refractivity contribution in [3.8, 4) is 5.75 Å². The first-order valence-corrected chi connectivity index (χ1v) is 7.67. The highest BCUT2D eigenvalue weighted by Crippen LogP contribution is 2.22. The van der Waals surface area contributed by atoms with Crippen LogP contribution in [0.3, 0.4) is 0 Å². The minimum absolute atomic E-state index is 0.0838. The quantitative estimate of drug-likeness (QED) is 0.684. The maximum absolute atomic E-state index is 13.7. The van der Waals surface area contributed by atoms with Gasteiger partial charge in [0.1, 0.15) is 0 Å². The Morgan fingerprint density at radius 1 is 1.27 bits per heavy atom. The summed E-state index contributed by atoms with van der Waals surface area (Å²) in [5.74, 6) is -1.01. The molecule has 3 aromatic rings. The molecule has 0 aliphatic rings. The largest absolute Gasteiger partial charge is 0.494 e. The molecule has 0 fully saturated rings. The molecular formula is C18H16FN3O4. The van der Waals surface area contributed by atoms with E-state index < -0.39 is 17.6 Å². The molecule has 8 heteroatoms. The van der Waals surface area contributed by atoms with Crippen molar-refractivity contribution in [3.05, 3.63) is 65.4 Å². The molecule has 1 heterocycles. The van der Waals surface area contributed by atoms with Gasteiger partial charge in [-0.15, -0.1) is 6.58 Å². The van der Waals surface area contributed by atoms with Gasteiger partial charge in [-0.3, -0.25) is 4.57 Å². The van der Waals surface area contributed by atoms with Gasteiger partial charge in [0.2, 0.25) is 0 Å². The van der Waals surface area contributed by atoms with Crippen LogP contribution in [0.15, 0.2) is 58.3 Å². The molecule has 0 unspecified atom stereocenters. The number of ether oxygens (including phenoxy) is 1. The van der Waals surface area contributed by atoms with Crippen LogP contribution in [0, 0.1) is 5.82 Å². The molecule has 26 heavy (non-hydrogen) atoms. The Morgan fingerprint density at radius 2 is 1.96 bits per heavy atom. The number of hydrogen-bond acceptors (Lipinski definition) is 4. The third-order valence-electron chi connectivity index (χ3n) is 3.65. The Hall–Kier alpha value is -3.55. The molecule has 134 valence electrons. The molecule has 0 atom stereocenters. The Labute approximate surface area is 147 Å². The first-order chi connectivity index (χ1) is 12.5. The number of hydrogen-bond donors (Lipinski definition) is 2. The van der Waals surface area contributed by atoms with E-state index in [1.165, 1.54) is 29.9 Å².